The van der Waals surface area contributed by atoms with Crippen molar-refractivity contribution in [3.05, 3.63) is 34.9 Å². The number of benzene rings is 1. The number of aliphatic hydroxyl groups excluding tert-OH is 1. The minimum Gasteiger partial charge on any atom is -0.494 e. The molecule has 1 aromatic carbocycles. The van der Waals surface area contributed by atoms with Crippen LogP contribution in [0.1, 0.15) is 12.8 Å². The van der Waals surface area contributed by atoms with Crippen LogP contribution in [0.5, 0.6) is 5.75 Å². The largest absolute Gasteiger partial charge is 0.494 e. The second kappa shape index (κ2) is 6.46. The Morgan fingerprint density at radius 2 is 2.09 bits per heavy atom. The first-order valence-electron chi connectivity index (χ1n) is 7.61. The zero-order valence-corrected chi connectivity index (χ0v) is 12.7. The van der Waals surface area contributed by atoms with Crippen molar-refractivity contribution in [1.29, 1.82) is 0 Å². The summed E-state index contributed by atoms with van der Waals surface area (Å²) in [7, 11) is 1.56. The van der Waals surface area contributed by atoms with Crippen LogP contribution in [-0.4, -0.2) is 52.4 Å². The Labute approximate surface area is 129 Å². The number of nitrogens with zero attached hydrogens (tertiary/aromatic N) is 3. The van der Waals surface area contributed by atoms with Crippen molar-refractivity contribution < 1.29 is 9.84 Å². The summed E-state index contributed by atoms with van der Waals surface area (Å²) in [6.45, 7) is 2.91. The van der Waals surface area contributed by atoms with Crippen molar-refractivity contribution in [3.63, 3.8) is 0 Å². The fourth-order valence-electron chi connectivity index (χ4n) is 3.01. The molecule has 1 aliphatic heterocycles. The zero-order chi connectivity index (χ0) is 15.5. The van der Waals surface area contributed by atoms with E-state index in [9.17, 15) is 9.90 Å². The molecule has 6 heteroatoms. The van der Waals surface area contributed by atoms with E-state index in [0.717, 1.165) is 13.1 Å². The average molecular weight is 303 g/mol. The van der Waals surface area contributed by atoms with E-state index < -0.39 is 6.10 Å². The maximum atomic E-state index is 12.5. The molecule has 6 nitrogen and oxygen atoms in total. The van der Waals surface area contributed by atoms with Crippen LogP contribution < -0.4 is 10.3 Å². The molecule has 1 aliphatic rings. The summed E-state index contributed by atoms with van der Waals surface area (Å²) in [6.07, 6.45) is 3.29. The number of aromatic nitrogens is 2. The van der Waals surface area contributed by atoms with Crippen molar-refractivity contribution in [2.75, 3.05) is 26.7 Å². The summed E-state index contributed by atoms with van der Waals surface area (Å²) >= 11 is 0. The van der Waals surface area contributed by atoms with Crippen LogP contribution in [-0.2, 0) is 6.54 Å². The highest BCUT2D eigenvalue weighted by molar-refractivity contribution is 5.83. The summed E-state index contributed by atoms with van der Waals surface area (Å²) in [6, 6.07) is 5.28. The van der Waals surface area contributed by atoms with Crippen LogP contribution in [0.25, 0.3) is 10.9 Å². The van der Waals surface area contributed by atoms with Crippen LogP contribution in [0.2, 0.25) is 0 Å². The average Bonchev–Trinajstić information content (AvgIpc) is 3.02. The van der Waals surface area contributed by atoms with Gasteiger partial charge in [-0.2, -0.15) is 0 Å². The number of para-hydroxylation sites is 1. The minimum atomic E-state index is -0.569. The molecule has 1 fully saturated rings. The van der Waals surface area contributed by atoms with E-state index in [0.29, 0.717) is 23.2 Å². The smallest absolute Gasteiger partial charge is 0.261 e. The van der Waals surface area contributed by atoms with Crippen molar-refractivity contribution in [3.8, 4) is 5.75 Å². The lowest BCUT2D eigenvalue weighted by atomic mass is 10.2. The predicted octanol–water partition coefficient (Wildman–Crippen LogP) is 0.862. The Morgan fingerprint density at radius 3 is 2.82 bits per heavy atom. The Bertz CT molecular complexity index is 707. The van der Waals surface area contributed by atoms with Crippen molar-refractivity contribution in [1.82, 2.24) is 14.5 Å². The summed E-state index contributed by atoms with van der Waals surface area (Å²) < 4.78 is 6.70. The lowest BCUT2D eigenvalue weighted by Gasteiger charge is -2.20. The Morgan fingerprint density at radius 1 is 1.32 bits per heavy atom. The van der Waals surface area contributed by atoms with Crippen molar-refractivity contribution in [2.45, 2.75) is 25.5 Å². The molecule has 1 saturated heterocycles. The first-order chi connectivity index (χ1) is 10.7. The summed E-state index contributed by atoms with van der Waals surface area (Å²) in [4.78, 5) is 19.1. The van der Waals surface area contributed by atoms with Gasteiger partial charge in [-0.3, -0.25) is 9.36 Å². The molecule has 0 aliphatic carbocycles. The van der Waals surface area contributed by atoms with Crippen molar-refractivity contribution in [2.24, 2.45) is 0 Å². The highest BCUT2D eigenvalue weighted by Gasteiger charge is 2.17. The Kier molecular flexibility index (Phi) is 4.40. The van der Waals surface area contributed by atoms with Gasteiger partial charge in [0.15, 0.2) is 0 Å². The number of ether oxygens (including phenoxy) is 1. The molecular weight excluding hydrogens is 282 g/mol. The molecule has 0 radical (unpaired) electrons. The first kappa shape index (κ1) is 15.0. The molecular formula is C16H21N3O3. The second-order valence-corrected chi connectivity index (χ2v) is 5.72. The topological polar surface area (TPSA) is 67.6 Å². The van der Waals surface area contributed by atoms with Crippen LogP contribution in [0.3, 0.4) is 0 Å². The number of likely N-dealkylation sites (tertiary alicyclic amines) is 1. The van der Waals surface area contributed by atoms with E-state index in [1.165, 1.54) is 23.7 Å². The van der Waals surface area contributed by atoms with E-state index in [2.05, 4.69) is 9.88 Å². The molecule has 0 spiro atoms. The van der Waals surface area contributed by atoms with Crippen LogP contribution >= 0.6 is 0 Å². The third-order valence-electron chi connectivity index (χ3n) is 4.11. The van der Waals surface area contributed by atoms with Gasteiger partial charge >= 0.3 is 0 Å². The van der Waals surface area contributed by atoms with Crippen LogP contribution in [0.15, 0.2) is 29.3 Å². The van der Waals surface area contributed by atoms with Gasteiger partial charge in [-0.25, -0.2) is 4.98 Å². The molecule has 1 unspecified atom stereocenters. The highest BCUT2D eigenvalue weighted by atomic mass is 16.5. The number of hydrogen-bond donors (Lipinski definition) is 1. The zero-order valence-electron chi connectivity index (χ0n) is 12.7. The molecule has 0 amide bonds. The second-order valence-electron chi connectivity index (χ2n) is 5.72. The van der Waals surface area contributed by atoms with E-state index in [1.807, 2.05) is 0 Å². The van der Waals surface area contributed by atoms with Gasteiger partial charge in [0.05, 0.1) is 31.5 Å². The summed E-state index contributed by atoms with van der Waals surface area (Å²) in [5.41, 5.74) is 0.407. The number of fused-ring (bicyclic) bond motifs is 1. The van der Waals surface area contributed by atoms with Gasteiger partial charge in [0.1, 0.15) is 11.3 Å². The molecule has 22 heavy (non-hydrogen) atoms. The highest BCUT2D eigenvalue weighted by Crippen LogP contribution is 2.20. The van der Waals surface area contributed by atoms with Gasteiger partial charge in [-0.05, 0) is 38.1 Å². The summed E-state index contributed by atoms with van der Waals surface area (Å²) in [5, 5.41) is 10.7. The fraction of sp³-hybridized carbons (Fsp3) is 0.500. The summed E-state index contributed by atoms with van der Waals surface area (Å²) in [5.74, 6) is 0.583. The molecule has 2 heterocycles. The Hall–Kier alpha value is -1.92. The maximum absolute atomic E-state index is 12.5. The molecule has 2 aromatic rings. The van der Waals surface area contributed by atoms with E-state index in [-0.39, 0.29) is 12.1 Å². The number of hydrogen-bond acceptors (Lipinski definition) is 5. The standard InChI is InChI=1S/C16H21N3O3/c1-22-14-6-4-5-13-15(14)17-11-19(16(13)21)10-12(20)9-18-7-2-3-8-18/h4-6,11-12,20H,2-3,7-10H2,1H3. The lowest BCUT2D eigenvalue weighted by Crippen LogP contribution is -2.35. The van der Waals surface area contributed by atoms with Gasteiger partial charge < -0.3 is 14.7 Å². The van der Waals surface area contributed by atoms with E-state index >= 15 is 0 Å². The molecule has 1 atom stereocenters. The van der Waals surface area contributed by atoms with Gasteiger partial charge in [0.25, 0.3) is 5.56 Å². The van der Waals surface area contributed by atoms with Crippen LogP contribution in [0, 0.1) is 0 Å². The normalized spacial score (nSPS) is 17.0. The fourth-order valence-corrected chi connectivity index (χ4v) is 3.01. The molecule has 0 bridgehead atoms. The molecule has 1 N–H and O–H groups in total. The molecule has 0 saturated carbocycles. The molecule has 3 rings (SSSR count). The van der Waals surface area contributed by atoms with E-state index in [1.54, 1.807) is 25.3 Å². The number of β-amino-alcohol motifs (C(OH)–C–C–N with tert-alkyl or cyclic N) is 1. The predicted molar refractivity (Wildman–Crippen MR) is 84.2 cm³/mol. The van der Waals surface area contributed by atoms with Gasteiger partial charge in [0.2, 0.25) is 0 Å². The van der Waals surface area contributed by atoms with E-state index in [4.69, 9.17) is 4.74 Å². The molecule has 1 aromatic heterocycles. The SMILES string of the molecule is COc1cccc2c(=O)n(CC(O)CN3CCCC3)cnc12. The number of rotatable bonds is 5. The Balaban J connectivity index is 1.82. The van der Waals surface area contributed by atoms with Gasteiger partial charge in [-0.1, -0.05) is 6.07 Å². The third-order valence-corrected chi connectivity index (χ3v) is 4.11. The minimum absolute atomic E-state index is 0.149. The number of aliphatic hydroxyl groups is 1. The molecule has 118 valence electrons. The third kappa shape index (κ3) is 2.98. The van der Waals surface area contributed by atoms with Crippen molar-refractivity contribution >= 4 is 10.9 Å². The van der Waals surface area contributed by atoms with Gasteiger partial charge in [-0.15, -0.1) is 0 Å². The quantitative estimate of drug-likeness (QED) is 0.887. The van der Waals surface area contributed by atoms with Crippen LogP contribution in [0.4, 0.5) is 0 Å². The van der Waals surface area contributed by atoms with Gasteiger partial charge in [0, 0.05) is 6.54 Å². The first-order valence-corrected chi connectivity index (χ1v) is 7.61. The maximum Gasteiger partial charge on any atom is 0.261 e. The monoisotopic (exact) mass is 303 g/mol. The lowest BCUT2D eigenvalue weighted by molar-refractivity contribution is 0.108. The number of methoxy groups -OCH3 is 1.